The van der Waals surface area contributed by atoms with Crippen molar-refractivity contribution in [3.63, 3.8) is 0 Å². The number of hydrogen-bond acceptors (Lipinski definition) is 5. The van der Waals surface area contributed by atoms with Crippen LogP contribution in [0, 0.1) is 0 Å². The van der Waals surface area contributed by atoms with E-state index in [1.807, 2.05) is 0 Å². The minimum absolute atomic E-state index is 0.0912. The molecule has 104 valence electrons. The Morgan fingerprint density at radius 3 is 2.58 bits per heavy atom. The number of ether oxygens (including phenoxy) is 1. The number of aromatic nitrogens is 1. The summed E-state index contributed by atoms with van der Waals surface area (Å²) in [4.78, 5) is 26.5. The topological polar surface area (TPSA) is 88.5 Å². The number of nitrogens with one attached hydrogen (secondary N) is 1. The second-order valence-electron chi connectivity index (χ2n) is 4.67. The van der Waals surface area contributed by atoms with Gasteiger partial charge in [-0.3, -0.25) is 5.32 Å². The first-order valence-corrected chi connectivity index (χ1v) is 6.46. The molecule has 0 bridgehead atoms. The number of anilines is 1. The minimum atomic E-state index is -1.06. The second kappa shape index (κ2) is 5.83. The van der Waals surface area contributed by atoms with Crippen LogP contribution in [0.5, 0.6) is 0 Å². The zero-order valence-corrected chi connectivity index (χ0v) is 12.0. The van der Waals surface area contributed by atoms with Crippen molar-refractivity contribution in [1.29, 1.82) is 0 Å². The van der Waals surface area contributed by atoms with E-state index in [1.54, 1.807) is 33.1 Å². The van der Waals surface area contributed by atoms with E-state index in [0.717, 1.165) is 11.3 Å². The van der Waals surface area contributed by atoms with Gasteiger partial charge in [-0.15, -0.1) is 11.3 Å². The van der Waals surface area contributed by atoms with E-state index in [0.29, 0.717) is 10.8 Å². The van der Waals surface area contributed by atoms with Gasteiger partial charge in [0.25, 0.3) is 0 Å². The molecule has 0 fully saturated rings. The van der Waals surface area contributed by atoms with Crippen molar-refractivity contribution in [2.75, 3.05) is 5.32 Å². The molecule has 0 aromatic carbocycles. The zero-order valence-electron chi connectivity index (χ0n) is 11.2. The van der Waals surface area contributed by atoms with Crippen LogP contribution in [0.15, 0.2) is 11.5 Å². The van der Waals surface area contributed by atoms with Crippen LogP contribution >= 0.6 is 11.3 Å². The number of carboxylic acids is 1. The van der Waals surface area contributed by atoms with Crippen LogP contribution in [0.1, 0.15) is 33.4 Å². The summed E-state index contributed by atoms with van der Waals surface area (Å²) in [5.74, 6) is -1.06. The number of aliphatic carboxylic acids is 1. The molecule has 0 saturated heterocycles. The van der Waals surface area contributed by atoms with Crippen molar-refractivity contribution < 1.29 is 19.4 Å². The van der Waals surface area contributed by atoms with Crippen molar-refractivity contribution in [3.05, 3.63) is 17.2 Å². The van der Waals surface area contributed by atoms with Crippen LogP contribution in [0.2, 0.25) is 0 Å². The molecule has 19 heavy (non-hydrogen) atoms. The highest BCUT2D eigenvalue weighted by Crippen LogP contribution is 2.22. The number of carboxylic acid groups (broad SMARTS) is 1. The molecule has 0 radical (unpaired) electrons. The highest BCUT2D eigenvalue weighted by atomic mass is 32.1. The predicted octanol–water partition coefficient (Wildman–Crippen LogP) is 2.98. The van der Waals surface area contributed by atoms with E-state index in [-0.39, 0.29) is 5.57 Å². The van der Waals surface area contributed by atoms with Crippen LogP contribution in [-0.2, 0) is 9.53 Å². The zero-order chi connectivity index (χ0) is 14.6. The predicted molar refractivity (Wildman–Crippen MR) is 73.3 cm³/mol. The molecule has 0 unspecified atom stereocenters. The van der Waals surface area contributed by atoms with Gasteiger partial charge in [-0.1, -0.05) is 6.08 Å². The molecule has 1 aromatic rings. The second-order valence-corrected chi connectivity index (χ2v) is 5.53. The number of amides is 1. The third kappa shape index (κ3) is 4.70. The fourth-order valence-electron chi connectivity index (χ4n) is 1.23. The van der Waals surface area contributed by atoms with Crippen LogP contribution in [-0.4, -0.2) is 27.8 Å². The van der Waals surface area contributed by atoms with Crippen molar-refractivity contribution >= 4 is 34.1 Å². The lowest BCUT2D eigenvalue weighted by Gasteiger charge is -2.18. The fourth-order valence-corrected chi connectivity index (χ4v) is 1.92. The van der Waals surface area contributed by atoms with Gasteiger partial charge in [-0.05, 0) is 27.7 Å². The lowest BCUT2D eigenvalue weighted by atomic mass is 10.2. The van der Waals surface area contributed by atoms with Gasteiger partial charge in [-0.2, -0.15) is 0 Å². The van der Waals surface area contributed by atoms with E-state index in [1.165, 1.54) is 6.08 Å². The van der Waals surface area contributed by atoms with Gasteiger partial charge >= 0.3 is 12.1 Å². The molecule has 0 aliphatic heterocycles. The smallest absolute Gasteiger partial charge is 0.413 e. The molecule has 7 heteroatoms. The number of allylic oxidation sites excluding steroid dienone is 1. The SMILES string of the molecule is C/C=C(/C(=O)O)c1csc(NC(=O)OC(C)(C)C)n1. The molecule has 1 rings (SSSR count). The molecule has 6 nitrogen and oxygen atoms in total. The van der Waals surface area contributed by atoms with Gasteiger partial charge in [0.15, 0.2) is 5.13 Å². The van der Waals surface area contributed by atoms with E-state index < -0.39 is 17.7 Å². The standard InChI is InChI=1S/C12H16N2O4S/c1-5-7(9(15)16)8-6-19-10(13-8)14-11(17)18-12(2,3)4/h5-6H,1-4H3,(H,15,16)(H,13,14,17)/b7-5+. The van der Waals surface area contributed by atoms with Crippen LogP contribution in [0.4, 0.5) is 9.93 Å². The number of nitrogens with zero attached hydrogens (tertiary/aromatic N) is 1. The average molecular weight is 284 g/mol. The van der Waals surface area contributed by atoms with Crippen LogP contribution < -0.4 is 5.32 Å². The normalized spacial score (nSPS) is 12.1. The van der Waals surface area contributed by atoms with E-state index in [9.17, 15) is 9.59 Å². The molecule has 2 N–H and O–H groups in total. The van der Waals surface area contributed by atoms with Crippen molar-refractivity contribution in [3.8, 4) is 0 Å². The summed E-state index contributed by atoms with van der Waals surface area (Å²) in [5, 5.41) is 13.3. The lowest BCUT2D eigenvalue weighted by molar-refractivity contribution is -0.130. The first-order valence-electron chi connectivity index (χ1n) is 5.58. The molecule has 1 heterocycles. The highest BCUT2D eigenvalue weighted by molar-refractivity contribution is 7.14. The van der Waals surface area contributed by atoms with Gasteiger partial charge < -0.3 is 9.84 Å². The van der Waals surface area contributed by atoms with Gasteiger partial charge in [0.2, 0.25) is 0 Å². The van der Waals surface area contributed by atoms with Gasteiger partial charge in [-0.25, -0.2) is 14.6 Å². The summed E-state index contributed by atoms with van der Waals surface area (Å²) in [6.45, 7) is 6.87. The fraction of sp³-hybridized carbons (Fsp3) is 0.417. The maximum absolute atomic E-state index is 11.5. The molecular weight excluding hydrogens is 268 g/mol. The Morgan fingerprint density at radius 2 is 2.11 bits per heavy atom. The van der Waals surface area contributed by atoms with Gasteiger partial charge in [0, 0.05) is 5.38 Å². The van der Waals surface area contributed by atoms with Crippen molar-refractivity contribution in [1.82, 2.24) is 4.98 Å². The van der Waals surface area contributed by atoms with E-state index in [4.69, 9.17) is 9.84 Å². The molecule has 1 amide bonds. The molecule has 0 aliphatic carbocycles. The lowest BCUT2D eigenvalue weighted by Crippen LogP contribution is -2.27. The minimum Gasteiger partial charge on any atom is -0.478 e. The third-order valence-corrected chi connectivity index (χ3v) is 2.66. The Hall–Kier alpha value is -1.89. The number of rotatable bonds is 3. The summed E-state index contributed by atoms with van der Waals surface area (Å²) in [7, 11) is 0. The Labute approximate surface area is 115 Å². The summed E-state index contributed by atoms with van der Waals surface area (Å²) < 4.78 is 5.07. The Morgan fingerprint density at radius 1 is 1.47 bits per heavy atom. The van der Waals surface area contributed by atoms with Gasteiger partial charge in [0.1, 0.15) is 5.60 Å². The number of thiazole rings is 1. The Balaban J connectivity index is 2.76. The first-order chi connectivity index (χ1) is 8.73. The monoisotopic (exact) mass is 284 g/mol. The molecule has 0 aliphatic rings. The highest BCUT2D eigenvalue weighted by Gasteiger charge is 2.18. The van der Waals surface area contributed by atoms with Crippen LogP contribution in [0.25, 0.3) is 5.57 Å². The largest absolute Gasteiger partial charge is 0.478 e. The number of hydrogen-bond donors (Lipinski definition) is 2. The van der Waals surface area contributed by atoms with E-state index in [2.05, 4.69) is 10.3 Å². The number of carbonyl (C=O) groups is 2. The molecule has 0 spiro atoms. The number of carbonyl (C=O) groups excluding carboxylic acids is 1. The van der Waals surface area contributed by atoms with Crippen molar-refractivity contribution in [2.45, 2.75) is 33.3 Å². The Kier molecular flexibility index (Phi) is 4.66. The Bertz CT molecular complexity index is 514. The van der Waals surface area contributed by atoms with Crippen molar-refractivity contribution in [2.24, 2.45) is 0 Å². The average Bonchev–Trinajstić information content (AvgIpc) is 2.63. The van der Waals surface area contributed by atoms with Gasteiger partial charge in [0.05, 0.1) is 11.3 Å². The summed E-state index contributed by atoms with van der Waals surface area (Å²) in [5.41, 5.74) is -0.195. The maximum atomic E-state index is 11.5. The molecule has 0 atom stereocenters. The summed E-state index contributed by atoms with van der Waals surface area (Å²) >= 11 is 1.14. The summed E-state index contributed by atoms with van der Waals surface area (Å²) in [6.07, 6.45) is 0.833. The molecule has 0 saturated carbocycles. The third-order valence-electron chi connectivity index (χ3n) is 1.91. The molecular formula is C12H16N2O4S. The first kappa shape index (κ1) is 15.2. The van der Waals surface area contributed by atoms with Crippen LogP contribution in [0.3, 0.4) is 0 Å². The van der Waals surface area contributed by atoms with E-state index >= 15 is 0 Å². The summed E-state index contributed by atoms with van der Waals surface area (Å²) in [6, 6.07) is 0. The molecule has 1 aromatic heterocycles. The quantitative estimate of drug-likeness (QED) is 0.833. The maximum Gasteiger partial charge on any atom is 0.413 e.